The van der Waals surface area contributed by atoms with Crippen LogP contribution in [0.1, 0.15) is 29.3 Å². The number of aromatic nitrogens is 2. The standard InChI is InChI=1S/C17H16ClN3O/c1-2-7-19-17-13(4-3-8-20-17)16(22)14-10-21-15-9-11(18)5-6-12(14)15/h3-6,8-10,21H,2,7H2,1H3,(H,19,20). The molecule has 1 aromatic carbocycles. The van der Waals surface area contributed by atoms with Gasteiger partial charge in [0.25, 0.3) is 0 Å². The monoisotopic (exact) mass is 313 g/mol. The molecule has 0 fully saturated rings. The molecule has 0 radical (unpaired) electrons. The Bertz CT molecular complexity index is 826. The van der Waals surface area contributed by atoms with Crippen LogP contribution in [0.4, 0.5) is 5.82 Å². The molecule has 2 N–H and O–H groups in total. The predicted molar refractivity (Wildman–Crippen MR) is 89.8 cm³/mol. The number of nitrogens with one attached hydrogen (secondary N) is 2. The summed E-state index contributed by atoms with van der Waals surface area (Å²) < 4.78 is 0. The van der Waals surface area contributed by atoms with Crippen molar-refractivity contribution in [3.8, 4) is 0 Å². The molecular formula is C17H16ClN3O. The second-order valence-corrected chi connectivity index (χ2v) is 5.48. The number of H-pyrrole nitrogens is 1. The van der Waals surface area contributed by atoms with E-state index in [1.165, 1.54) is 0 Å². The number of anilines is 1. The lowest BCUT2D eigenvalue weighted by molar-refractivity contribution is 0.104. The van der Waals surface area contributed by atoms with Crippen LogP contribution in [0.2, 0.25) is 5.02 Å². The molecule has 112 valence electrons. The minimum Gasteiger partial charge on any atom is -0.369 e. The SMILES string of the molecule is CCCNc1ncccc1C(=O)c1c[nH]c2cc(Cl)ccc12. The van der Waals surface area contributed by atoms with Crippen LogP contribution in [0.15, 0.2) is 42.7 Å². The van der Waals surface area contributed by atoms with Crippen molar-refractivity contribution in [2.75, 3.05) is 11.9 Å². The lowest BCUT2D eigenvalue weighted by Gasteiger charge is -2.08. The number of hydrogen-bond acceptors (Lipinski definition) is 3. The van der Waals surface area contributed by atoms with Gasteiger partial charge in [0.05, 0.1) is 5.56 Å². The molecule has 0 aliphatic rings. The van der Waals surface area contributed by atoms with Gasteiger partial charge in [-0.3, -0.25) is 4.79 Å². The largest absolute Gasteiger partial charge is 0.369 e. The zero-order chi connectivity index (χ0) is 15.5. The fourth-order valence-electron chi connectivity index (χ4n) is 2.40. The van der Waals surface area contributed by atoms with Gasteiger partial charge in [0.2, 0.25) is 0 Å². The number of carbonyl (C=O) groups is 1. The molecule has 0 spiro atoms. The third-order valence-electron chi connectivity index (χ3n) is 3.48. The first kappa shape index (κ1) is 14.6. The van der Waals surface area contributed by atoms with Crippen LogP contribution in [-0.2, 0) is 0 Å². The average Bonchev–Trinajstić information content (AvgIpc) is 2.95. The first-order chi connectivity index (χ1) is 10.7. The number of ketones is 1. The summed E-state index contributed by atoms with van der Waals surface area (Å²) in [6, 6.07) is 9.02. The van der Waals surface area contributed by atoms with Crippen LogP contribution >= 0.6 is 11.6 Å². The molecule has 22 heavy (non-hydrogen) atoms. The minimum atomic E-state index is -0.0553. The Morgan fingerprint density at radius 2 is 2.18 bits per heavy atom. The molecule has 3 rings (SSSR count). The summed E-state index contributed by atoms with van der Waals surface area (Å²) in [5.74, 6) is 0.568. The Labute approximate surface area is 133 Å². The van der Waals surface area contributed by atoms with Crippen molar-refractivity contribution in [3.05, 3.63) is 58.9 Å². The summed E-state index contributed by atoms with van der Waals surface area (Å²) >= 11 is 5.98. The van der Waals surface area contributed by atoms with Gasteiger partial charge in [0.1, 0.15) is 5.82 Å². The van der Waals surface area contributed by atoms with Crippen LogP contribution in [0.3, 0.4) is 0 Å². The third-order valence-corrected chi connectivity index (χ3v) is 3.72. The van der Waals surface area contributed by atoms with E-state index in [-0.39, 0.29) is 5.78 Å². The van der Waals surface area contributed by atoms with Crippen molar-refractivity contribution in [3.63, 3.8) is 0 Å². The number of carbonyl (C=O) groups excluding carboxylic acids is 1. The summed E-state index contributed by atoms with van der Waals surface area (Å²) in [4.78, 5) is 20.2. The van der Waals surface area contributed by atoms with Gasteiger partial charge >= 0.3 is 0 Å². The molecule has 0 aliphatic heterocycles. The predicted octanol–water partition coefficient (Wildman–Crippen LogP) is 4.27. The van der Waals surface area contributed by atoms with Crippen LogP contribution < -0.4 is 5.32 Å². The van der Waals surface area contributed by atoms with Gasteiger partial charge in [-0.2, -0.15) is 0 Å². The molecule has 2 aromatic heterocycles. The number of rotatable bonds is 5. The van der Waals surface area contributed by atoms with E-state index in [4.69, 9.17) is 11.6 Å². The average molecular weight is 314 g/mol. The summed E-state index contributed by atoms with van der Waals surface area (Å²) in [5.41, 5.74) is 2.05. The van der Waals surface area contributed by atoms with Crippen molar-refractivity contribution in [1.82, 2.24) is 9.97 Å². The van der Waals surface area contributed by atoms with Crippen LogP contribution in [-0.4, -0.2) is 22.3 Å². The third kappa shape index (κ3) is 2.70. The number of benzene rings is 1. The van der Waals surface area contributed by atoms with Crippen molar-refractivity contribution < 1.29 is 4.79 Å². The van der Waals surface area contributed by atoms with Gasteiger partial charge in [-0.1, -0.05) is 24.6 Å². The highest BCUT2D eigenvalue weighted by Crippen LogP contribution is 2.25. The quantitative estimate of drug-likeness (QED) is 0.692. The molecule has 5 heteroatoms. The highest BCUT2D eigenvalue weighted by molar-refractivity contribution is 6.31. The second kappa shape index (κ2) is 6.20. The number of nitrogens with zero attached hydrogens (tertiary/aromatic N) is 1. The van der Waals surface area contributed by atoms with Gasteiger partial charge < -0.3 is 10.3 Å². The normalized spacial score (nSPS) is 10.8. The fourth-order valence-corrected chi connectivity index (χ4v) is 2.58. The van der Waals surface area contributed by atoms with Crippen LogP contribution in [0.25, 0.3) is 10.9 Å². The zero-order valence-corrected chi connectivity index (χ0v) is 12.9. The van der Waals surface area contributed by atoms with Gasteiger partial charge in [-0.25, -0.2) is 4.98 Å². The number of fused-ring (bicyclic) bond motifs is 1. The van der Waals surface area contributed by atoms with E-state index in [9.17, 15) is 4.79 Å². The lowest BCUT2D eigenvalue weighted by Crippen LogP contribution is -2.09. The second-order valence-electron chi connectivity index (χ2n) is 5.05. The Kier molecular flexibility index (Phi) is 4.11. The molecule has 0 bridgehead atoms. The molecule has 0 saturated heterocycles. The van der Waals surface area contributed by atoms with E-state index >= 15 is 0 Å². The Morgan fingerprint density at radius 3 is 3.00 bits per heavy atom. The smallest absolute Gasteiger partial charge is 0.198 e. The van der Waals surface area contributed by atoms with Crippen LogP contribution in [0.5, 0.6) is 0 Å². The zero-order valence-electron chi connectivity index (χ0n) is 12.2. The van der Waals surface area contributed by atoms with Gasteiger partial charge in [0.15, 0.2) is 5.78 Å². The summed E-state index contributed by atoms with van der Waals surface area (Å²) in [6.07, 6.45) is 4.37. The topological polar surface area (TPSA) is 57.8 Å². The lowest BCUT2D eigenvalue weighted by atomic mass is 10.0. The molecule has 4 nitrogen and oxygen atoms in total. The maximum Gasteiger partial charge on any atom is 0.198 e. The molecule has 2 heterocycles. The fraction of sp³-hybridized carbons (Fsp3) is 0.176. The van der Waals surface area contributed by atoms with E-state index in [0.717, 1.165) is 23.9 Å². The van der Waals surface area contributed by atoms with Gasteiger partial charge in [-0.15, -0.1) is 0 Å². The van der Waals surface area contributed by atoms with Gasteiger partial charge in [-0.05, 0) is 30.7 Å². The van der Waals surface area contributed by atoms with E-state index < -0.39 is 0 Å². The molecule has 0 amide bonds. The first-order valence-corrected chi connectivity index (χ1v) is 7.58. The van der Waals surface area contributed by atoms with Crippen molar-refractivity contribution in [2.45, 2.75) is 13.3 Å². The Hall–Kier alpha value is -2.33. The number of halogens is 1. The highest BCUT2D eigenvalue weighted by Gasteiger charge is 2.18. The molecule has 0 atom stereocenters. The molecule has 0 saturated carbocycles. The first-order valence-electron chi connectivity index (χ1n) is 7.21. The molecule has 0 aliphatic carbocycles. The van der Waals surface area contributed by atoms with Crippen LogP contribution in [0, 0.1) is 0 Å². The van der Waals surface area contributed by atoms with E-state index in [0.29, 0.717) is 22.0 Å². The summed E-state index contributed by atoms with van der Waals surface area (Å²) in [5, 5.41) is 4.70. The van der Waals surface area contributed by atoms with Crippen molar-refractivity contribution >= 4 is 34.1 Å². The van der Waals surface area contributed by atoms with Crippen molar-refractivity contribution in [2.24, 2.45) is 0 Å². The Balaban J connectivity index is 2.03. The summed E-state index contributed by atoms with van der Waals surface area (Å²) in [7, 11) is 0. The molecular weight excluding hydrogens is 298 g/mol. The van der Waals surface area contributed by atoms with Crippen molar-refractivity contribution in [1.29, 1.82) is 0 Å². The van der Waals surface area contributed by atoms with E-state index in [2.05, 4.69) is 22.2 Å². The van der Waals surface area contributed by atoms with Gasteiger partial charge in [0, 0.05) is 40.4 Å². The minimum absolute atomic E-state index is 0.0553. The van der Waals surface area contributed by atoms with E-state index in [1.54, 1.807) is 30.6 Å². The van der Waals surface area contributed by atoms with E-state index in [1.807, 2.05) is 12.1 Å². The number of pyridine rings is 1. The number of aromatic amines is 1. The maximum absolute atomic E-state index is 12.9. The maximum atomic E-state index is 12.9. The molecule has 3 aromatic rings. The summed E-state index contributed by atoms with van der Waals surface area (Å²) in [6.45, 7) is 2.85. The highest BCUT2D eigenvalue weighted by atomic mass is 35.5. The molecule has 0 unspecified atom stereocenters. The Morgan fingerprint density at radius 1 is 1.32 bits per heavy atom. The number of hydrogen-bond donors (Lipinski definition) is 2.